The van der Waals surface area contributed by atoms with Gasteiger partial charge in [-0.2, -0.15) is 13.2 Å². The van der Waals surface area contributed by atoms with Gasteiger partial charge in [0.15, 0.2) is 5.01 Å². The molecule has 0 saturated heterocycles. The topological polar surface area (TPSA) is 114 Å². The molecule has 3 rings (SSSR count). The zero-order valence-corrected chi connectivity index (χ0v) is 18.6. The van der Waals surface area contributed by atoms with E-state index in [4.69, 9.17) is 16.0 Å². The molecule has 0 radical (unpaired) electrons. The third-order valence-corrected chi connectivity index (χ3v) is 5.27. The van der Waals surface area contributed by atoms with E-state index in [9.17, 15) is 31.9 Å². The van der Waals surface area contributed by atoms with Gasteiger partial charge < -0.3 is 15.1 Å². The fourth-order valence-electron chi connectivity index (χ4n) is 2.75. The molecule has 0 bridgehead atoms. The van der Waals surface area contributed by atoms with Crippen molar-refractivity contribution in [2.24, 2.45) is 0 Å². The van der Waals surface area contributed by atoms with Crippen molar-refractivity contribution in [1.82, 2.24) is 20.6 Å². The minimum absolute atomic E-state index is 0.0526. The van der Waals surface area contributed by atoms with Crippen LogP contribution in [0, 0.1) is 5.82 Å². The smallest absolute Gasteiger partial charge is 0.389 e. The summed E-state index contributed by atoms with van der Waals surface area (Å²) in [5, 5.41) is 5.90. The van der Waals surface area contributed by atoms with Crippen LogP contribution in [-0.2, 0) is 4.79 Å². The minimum Gasteiger partial charge on any atom is -0.431 e. The third-order valence-electron chi connectivity index (χ3n) is 4.26. The SMILES string of the molecule is O=C(CNC(=O)c1cnc(-c2cc(F)cc(Cl)c2)o1)NC(CCC(F)(F)F)C(=O)c1nccs1. The highest BCUT2D eigenvalue weighted by Crippen LogP contribution is 2.25. The number of benzene rings is 1. The lowest BCUT2D eigenvalue weighted by atomic mass is 10.1. The Morgan fingerprint density at radius 3 is 2.59 bits per heavy atom. The van der Waals surface area contributed by atoms with Crippen LogP contribution >= 0.6 is 22.9 Å². The lowest BCUT2D eigenvalue weighted by Gasteiger charge is -2.17. The number of hydrogen-bond acceptors (Lipinski definition) is 7. The second-order valence-electron chi connectivity index (χ2n) is 6.85. The average Bonchev–Trinajstić information content (AvgIpc) is 3.45. The fourth-order valence-corrected chi connectivity index (χ4v) is 3.61. The van der Waals surface area contributed by atoms with Crippen molar-refractivity contribution in [2.75, 3.05) is 6.54 Å². The molecule has 34 heavy (non-hydrogen) atoms. The first-order chi connectivity index (χ1) is 16.0. The highest BCUT2D eigenvalue weighted by atomic mass is 35.5. The summed E-state index contributed by atoms with van der Waals surface area (Å²) >= 11 is 6.70. The Bertz CT molecular complexity index is 1160. The number of rotatable bonds is 9. The molecule has 2 N–H and O–H groups in total. The van der Waals surface area contributed by atoms with Gasteiger partial charge in [-0.05, 0) is 24.6 Å². The summed E-state index contributed by atoms with van der Waals surface area (Å²) in [6, 6.07) is 2.05. The van der Waals surface area contributed by atoms with Gasteiger partial charge in [-0.25, -0.2) is 14.4 Å². The predicted octanol–water partition coefficient (Wildman–Crippen LogP) is 4.03. The Morgan fingerprint density at radius 2 is 1.94 bits per heavy atom. The summed E-state index contributed by atoms with van der Waals surface area (Å²) in [4.78, 5) is 44.5. The van der Waals surface area contributed by atoms with Gasteiger partial charge in [0.1, 0.15) is 5.82 Å². The molecule has 2 heterocycles. The van der Waals surface area contributed by atoms with Crippen LogP contribution < -0.4 is 10.6 Å². The number of nitrogens with zero attached hydrogens (tertiary/aromatic N) is 2. The molecule has 2 amide bonds. The summed E-state index contributed by atoms with van der Waals surface area (Å²) < 4.78 is 56.6. The van der Waals surface area contributed by atoms with Gasteiger partial charge in [-0.15, -0.1) is 11.3 Å². The molecule has 0 aliphatic carbocycles. The molecule has 1 atom stereocenters. The lowest BCUT2D eigenvalue weighted by Crippen LogP contribution is -2.46. The van der Waals surface area contributed by atoms with Crippen LogP contribution in [0.5, 0.6) is 0 Å². The quantitative estimate of drug-likeness (QED) is 0.326. The van der Waals surface area contributed by atoms with Crippen molar-refractivity contribution in [3.63, 3.8) is 0 Å². The first-order valence-corrected chi connectivity index (χ1v) is 10.8. The number of Topliss-reactive ketones (excluding diaryl/α,β-unsaturated/α-hetero) is 1. The molecule has 1 unspecified atom stereocenters. The molecule has 2 aromatic heterocycles. The van der Waals surface area contributed by atoms with E-state index in [-0.39, 0.29) is 27.2 Å². The van der Waals surface area contributed by atoms with Gasteiger partial charge in [-0.1, -0.05) is 11.6 Å². The van der Waals surface area contributed by atoms with E-state index in [0.717, 1.165) is 29.7 Å². The second-order valence-corrected chi connectivity index (χ2v) is 8.18. The number of nitrogens with one attached hydrogen (secondary N) is 2. The Labute approximate surface area is 198 Å². The molecule has 14 heteroatoms. The first-order valence-electron chi connectivity index (χ1n) is 9.52. The number of alkyl halides is 3. The van der Waals surface area contributed by atoms with E-state index in [1.807, 2.05) is 0 Å². The van der Waals surface area contributed by atoms with Gasteiger partial charge in [0.05, 0.1) is 18.8 Å². The number of hydrogen-bond donors (Lipinski definition) is 2. The summed E-state index contributed by atoms with van der Waals surface area (Å²) in [5.41, 5.74) is 0.176. The zero-order chi connectivity index (χ0) is 24.9. The summed E-state index contributed by atoms with van der Waals surface area (Å²) in [6.07, 6.45) is -4.17. The maximum Gasteiger partial charge on any atom is 0.389 e. The molecule has 0 saturated carbocycles. The van der Waals surface area contributed by atoms with Crippen LogP contribution in [0.15, 0.2) is 40.4 Å². The number of carbonyl (C=O) groups is 3. The number of carbonyl (C=O) groups excluding carboxylic acids is 3. The number of oxazole rings is 1. The monoisotopic (exact) mass is 518 g/mol. The summed E-state index contributed by atoms with van der Waals surface area (Å²) in [5.74, 6) is -3.59. The highest BCUT2D eigenvalue weighted by molar-refractivity contribution is 7.11. The number of amides is 2. The molecule has 3 aromatic rings. The van der Waals surface area contributed by atoms with Crippen molar-refractivity contribution < 1.29 is 36.4 Å². The molecule has 0 aliphatic rings. The van der Waals surface area contributed by atoms with Gasteiger partial charge >= 0.3 is 6.18 Å². The van der Waals surface area contributed by atoms with Crippen molar-refractivity contribution in [3.05, 3.63) is 57.6 Å². The maximum atomic E-state index is 13.5. The summed E-state index contributed by atoms with van der Waals surface area (Å²) in [7, 11) is 0. The molecule has 180 valence electrons. The number of ketones is 1. The first kappa shape index (κ1) is 25.3. The number of halogens is 5. The Morgan fingerprint density at radius 1 is 1.18 bits per heavy atom. The van der Waals surface area contributed by atoms with E-state index >= 15 is 0 Å². The highest BCUT2D eigenvalue weighted by Gasteiger charge is 2.32. The van der Waals surface area contributed by atoms with Crippen molar-refractivity contribution in [3.8, 4) is 11.5 Å². The van der Waals surface area contributed by atoms with Crippen LogP contribution in [-0.4, -0.2) is 46.3 Å². The zero-order valence-electron chi connectivity index (χ0n) is 17.0. The van der Waals surface area contributed by atoms with Crippen LogP contribution in [0.3, 0.4) is 0 Å². The van der Waals surface area contributed by atoms with Gasteiger partial charge in [0.2, 0.25) is 23.3 Å². The van der Waals surface area contributed by atoms with E-state index in [1.165, 1.54) is 17.6 Å². The molecular formula is C20H15ClF4N4O4S. The van der Waals surface area contributed by atoms with Gasteiger partial charge in [-0.3, -0.25) is 14.4 Å². The van der Waals surface area contributed by atoms with Gasteiger partial charge in [0, 0.05) is 28.6 Å². The maximum absolute atomic E-state index is 13.5. The van der Waals surface area contributed by atoms with E-state index in [2.05, 4.69) is 20.6 Å². The average molecular weight is 519 g/mol. The normalized spacial score (nSPS) is 12.3. The third kappa shape index (κ3) is 7.09. The Kier molecular flexibility index (Phi) is 7.99. The van der Waals surface area contributed by atoms with Gasteiger partial charge in [0.25, 0.3) is 5.91 Å². The largest absolute Gasteiger partial charge is 0.431 e. The predicted molar refractivity (Wildman–Crippen MR) is 113 cm³/mol. The Hall–Kier alpha value is -3.32. The molecule has 8 nitrogen and oxygen atoms in total. The molecular weight excluding hydrogens is 504 g/mol. The van der Waals surface area contributed by atoms with Crippen LogP contribution in [0.2, 0.25) is 5.02 Å². The van der Waals surface area contributed by atoms with E-state index in [0.29, 0.717) is 0 Å². The molecule has 0 aliphatic heterocycles. The summed E-state index contributed by atoms with van der Waals surface area (Å²) in [6.45, 7) is -0.658. The standard InChI is InChI=1S/C20H15ClF4N4O4S/c21-11-5-10(6-12(22)7-11)18-28-8-14(33-18)17(32)27-9-15(30)29-13(1-2-20(23,24)25)16(31)19-26-3-4-34-19/h3-8,13H,1-2,9H2,(H,27,32)(H,29,30). The van der Waals surface area contributed by atoms with E-state index in [1.54, 1.807) is 0 Å². The fraction of sp³-hybridized carbons (Fsp3) is 0.250. The molecule has 0 spiro atoms. The second kappa shape index (κ2) is 10.7. The van der Waals surface area contributed by atoms with Crippen LogP contribution in [0.4, 0.5) is 17.6 Å². The molecule has 1 aromatic carbocycles. The van der Waals surface area contributed by atoms with Crippen molar-refractivity contribution in [1.29, 1.82) is 0 Å². The minimum atomic E-state index is -4.53. The Balaban J connectivity index is 1.60. The number of aromatic nitrogens is 2. The van der Waals surface area contributed by atoms with E-state index < -0.39 is 55.0 Å². The van der Waals surface area contributed by atoms with Crippen molar-refractivity contribution in [2.45, 2.75) is 25.1 Å². The lowest BCUT2D eigenvalue weighted by molar-refractivity contribution is -0.137. The van der Waals surface area contributed by atoms with Crippen molar-refractivity contribution >= 4 is 40.5 Å². The van der Waals surface area contributed by atoms with Crippen LogP contribution in [0.25, 0.3) is 11.5 Å². The molecule has 0 fully saturated rings. The number of thiazole rings is 1. The van der Waals surface area contributed by atoms with Crippen LogP contribution in [0.1, 0.15) is 33.2 Å².